The van der Waals surface area contributed by atoms with Crippen LogP contribution in [0.2, 0.25) is 0 Å². The molecule has 0 fully saturated rings. The Morgan fingerprint density at radius 2 is 1.79 bits per heavy atom. The molecule has 2 aromatic rings. The van der Waals surface area contributed by atoms with Crippen LogP contribution in [0.25, 0.3) is 11.3 Å². The number of hydrogen-bond acceptors (Lipinski definition) is 2. The first-order chi connectivity index (χ1) is 8.91. The molecule has 0 bridgehead atoms. The summed E-state index contributed by atoms with van der Waals surface area (Å²) in [4.78, 5) is 7.92. The minimum atomic E-state index is 0.184. The first-order valence-electron chi connectivity index (χ1n) is 6.78. The number of aromatic nitrogens is 2. The van der Waals surface area contributed by atoms with Gasteiger partial charge in [-0.05, 0) is 24.4 Å². The molecule has 0 radical (unpaired) electrons. The SMILES string of the molecule is Cc1[nH]c(CCN)nc1-c1ccc(C(C)(C)C)cc1. The molecular weight excluding hydrogens is 234 g/mol. The lowest BCUT2D eigenvalue weighted by Crippen LogP contribution is -2.10. The summed E-state index contributed by atoms with van der Waals surface area (Å²) in [7, 11) is 0. The van der Waals surface area contributed by atoms with E-state index in [1.165, 1.54) is 5.56 Å². The Labute approximate surface area is 115 Å². The van der Waals surface area contributed by atoms with E-state index in [4.69, 9.17) is 5.73 Å². The van der Waals surface area contributed by atoms with Crippen molar-refractivity contribution in [3.8, 4) is 11.3 Å². The molecule has 0 aliphatic carbocycles. The van der Waals surface area contributed by atoms with Crippen molar-refractivity contribution in [1.29, 1.82) is 0 Å². The van der Waals surface area contributed by atoms with Gasteiger partial charge in [0.25, 0.3) is 0 Å². The van der Waals surface area contributed by atoms with E-state index in [1.54, 1.807) is 0 Å². The lowest BCUT2D eigenvalue weighted by Gasteiger charge is -2.19. The molecule has 1 heterocycles. The summed E-state index contributed by atoms with van der Waals surface area (Å²) in [6.45, 7) is 9.35. The molecule has 0 aliphatic rings. The molecule has 3 N–H and O–H groups in total. The summed E-state index contributed by atoms with van der Waals surface area (Å²) in [5.74, 6) is 0.967. The maximum absolute atomic E-state index is 5.57. The molecule has 0 atom stereocenters. The lowest BCUT2D eigenvalue weighted by molar-refractivity contribution is 0.590. The number of nitrogens with two attached hydrogens (primary N) is 1. The molecule has 0 amide bonds. The number of nitrogens with one attached hydrogen (secondary N) is 1. The van der Waals surface area contributed by atoms with Crippen LogP contribution in [0.3, 0.4) is 0 Å². The third-order valence-corrected chi connectivity index (χ3v) is 3.34. The molecule has 3 nitrogen and oxygen atoms in total. The number of benzene rings is 1. The number of aromatic amines is 1. The highest BCUT2D eigenvalue weighted by atomic mass is 14.9. The molecule has 3 heteroatoms. The number of H-pyrrole nitrogens is 1. The summed E-state index contributed by atoms with van der Waals surface area (Å²) in [6, 6.07) is 8.67. The Bertz CT molecular complexity index is 544. The number of aryl methyl sites for hydroxylation is 1. The highest BCUT2D eigenvalue weighted by Gasteiger charge is 2.14. The molecule has 0 saturated carbocycles. The van der Waals surface area contributed by atoms with Gasteiger partial charge in [-0.25, -0.2) is 4.98 Å². The van der Waals surface area contributed by atoms with E-state index in [0.29, 0.717) is 6.54 Å². The van der Waals surface area contributed by atoms with Crippen LogP contribution in [0.5, 0.6) is 0 Å². The van der Waals surface area contributed by atoms with Crippen molar-refractivity contribution in [3.05, 3.63) is 41.3 Å². The van der Waals surface area contributed by atoms with Gasteiger partial charge in [-0.2, -0.15) is 0 Å². The van der Waals surface area contributed by atoms with Crippen LogP contribution in [-0.4, -0.2) is 16.5 Å². The molecule has 19 heavy (non-hydrogen) atoms. The van der Waals surface area contributed by atoms with E-state index in [2.05, 4.69) is 61.9 Å². The third-order valence-electron chi connectivity index (χ3n) is 3.34. The van der Waals surface area contributed by atoms with Gasteiger partial charge < -0.3 is 10.7 Å². The predicted molar refractivity (Wildman–Crippen MR) is 80.2 cm³/mol. The van der Waals surface area contributed by atoms with Gasteiger partial charge in [0.15, 0.2) is 0 Å². The topological polar surface area (TPSA) is 54.7 Å². The monoisotopic (exact) mass is 257 g/mol. The molecule has 0 spiro atoms. The molecule has 102 valence electrons. The van der Waals surface area contributed by atoms with Gasteiger partial charge in [0, 0.05) is 17.7 Å². The molecule has 2 rings (SSSR count). The van der Waals surface area contributed by atoms with E-state index in [1.807, 2.05) is 0 Å². The molecule has 0 aliphatic heterocycles. The average molecular weight is 257 g/mol. The lowest BCUT2D eigenvalue weighted by atomic mass is 9.86. The van der Waals surface area contributed by atoms with Crippen LogP contribution in [-0.2, 0) is 11.8 Å². The fourth-order valence-corrected chi connectivity index (χ4v) is 2.19. The average Bonchev–Trinajstić information content (AvgIpc) is 2.70. The predicted octanol–water partition coefficient (Wildman–Crippen LogP) is 3.18. The fourth-order valence-electron chi connectivity index (χ4n) is 2.19. The summed E-state index contributed by atoms with van der Waals surface area (Å²) in [5.41, 5.74) is 10.4. The van der Waals surface area contributed by atoms with Crippen molar-refractivity contribution in [3.63, 3.8) is 0 Å². The second-order valence-electron chi connectivity index (χ2n) is 6.02. The van der Waals surface area contributed by atoms with Crippen LogP contribution in [0.4, 0.5) is 0 Å². The Morgan fingerprint density at radius 1 is 1.16 bits per heavy atom. The van der Waals surface area contributed by atoms with Crippen LogP contribution in [0.15, 0.2) is 24.3 Å². The minimum absolute atomic E-state index is 0.184. The Kier molecular flexibility index (Phi) is 3.76. The summed E-state index contributed by atoms with van der Waals surface area (Å²) < 4.78 is 0. The molecule has 0 unspecified atom stereocenters. The van der Waals surface area contributed by atoms with Crippen molar-refractivity contribution in [1.82, 2.24) is 9.97 Å². The number of imidazole rings is 1. The van der Waals surface area contributed by atoms with Crippen molar-refractivity contribution in [2.75, 3.05) is 6.54 Å². The van der Waals surface area contributed by atoms with E-state index >= 15 is 0 Å². The summed E-state index contributed by atoms with van der Waals surface area (Å²) in [6.07, 6.45) is 0.793. The standard InChI is InChI=1S/C16H23N3/c1-11-15(19-14(18-11)9-10-17)12-5-7-13(8-6-12)16(2,3)4/h5-8H,9-10,17H2,1-4H3,(H,18,19). The van der Waals surface area contributed by atoms with Gasteiger partial charge in [0.1, 0.15) is 5.82 Å². The number of hydrogen-bond donors (Lipinski definition) is 2. The molecule has 0 saturated heterocycles. The van der Waals surface area contributed by atoms with Crippen LogP contribution < -0.4 is 5.73 Å². The van der Waals surface area contributed by atoms with Crippen molar-refractivity contribution >= 4 is 0 Å². The molecular formula is C16H23N3. The van der Waals surface area contributed by atoms with Gasteiger partial charge >= 0.3 is 0 Å². The zero-order chi connectivity index (χ0) is 14.0. The van der Waals surface area contributed by atoms with E-state index < -0.39 is 0 Å². The van der Waals surface area contributed by atoms with Gasteiger partial charge in [0.2, 0.25) is 0 Å². The maximum atomic E-state index is 5.57. The first kappa shape index (κ1) is 13.8. The second-order valence-corrected chi connectivity index (χ2v) is 6.02. The van der Waals surface area contributed by atoms with E-state index in [0.717, 1.165) is 29.2 Å². The van der Waals surface area contributed by atoms with Crippen LogP contribution >= 0.6 is 0 Å². The summed E-state index contributed by atoms with van der Waals surface area (Å²) >= 11 is 0. The highest BCUT2D eigenvalue weighted by Crippen LogP contribution is 2.26. The van der Waals surface area contributed by atoms with Gasteiger partial charge in [-0.1, -0.05) is 45.0 Å². The molecule has 1 aromatic heterocycles. The largest absolute Gasteiger partial charge is 0.346 e. The zero-order valence-corrected chi connectivity index (χ0v) is 12.2. The van der Waals surface area contributed by atoms with Crippen molar-refractivity contribution < 1.29 is 0 Å². The minimum Gasteiger partial charge on any atom is -0.346 e. The Hall–Kier alpha value is -1.61. The number of nitrogens with zero attached hydrogens (tertiary/aromatic N) is 1. The Morgan fingerprint density at radius 3 is 2.32 bits per heavy atom. The first-order valence-corrected chi connectivity index (χ1v) is 6.78. The van der Waals surface area contributed by atoms with Crippen LogP contribution in [0, 0.1) is 6.92 Å². The Balaban J connectivity index is 2.32. The zero-order valence-electron chi connectivity index (χ0n) is 12.2. The van der Waals surface area contributed by atoms with Gasteiger partial charge in [-0.15, -0.1) is 0 Å². The fraction of sp³-hybridized carbons (Fsp3) is 0.438. The van der Waals surface area contributed by atoms with E-state index in [-0.39, 0.29) is 5.41 Å². The maximum Gasteiger partial charge on any atom is 0.108 e. The summed E-state index contributed by atoms with van der Waals surface area (Å²) in [5, 5.41) is 0. The van der Waals surface area contributed by atoms with Gasteiger partial charge in [-0.3, -0.25) is 0 Å². The van der Waals surface area contributed by atoms with Gasteiger partial charge in [0.05, 0.1) is 5.69 Å². The quantitative estimate of drug-likeness (QED) is 0.887. The van der Waals surface area contributed by atoms with E-state index in [9.17, 15) is 0 Å². The van der Waals surface area contributed by atoms with Crippen LogP contribution in [0.1, 0.15) is 37.9 Å². The van der Waals surface area contributed by atoms with Crippen molar-refractivity contribution in [2.24, 2.45) is 5.73 Å². The molecule has 1 aromatic carbocycles. The number of rotatable bonds is 3. The normalized spacial score (nSPS) is 11.8. The highest BCUT2D eigenvalue weighted by molar-refractivity contribution is 5.62. The third kappa shape index (κ3) is 3.04. The second kappa shape index (κ2) is 5.17. The van der Waals surface area contributed by atoms with Crippen molar-refractivity contribution in [2.45, 2.75) is 39.5 Å². The smallest absolute Gasteiger partial charge is 0.108 e.